The number of nitrogens with zero attached hydrogens (tertiary/aromatic N) is 2. The molecule has 1 aliphatic rings. The first-order valence-electron chi connectivity index (χ1n) is 8.48. The minimum absolute atomic E-state index is 0.251. The van der Waals surface area contributed by atoms with Crippen LogP contribution in [0.4, 0.5) is 4.79 Å². The Labute approximate surface area is 175 Å². The Morgan fingerprint density at radius 3 is 2.93 bits per heavy atom. The second-order valence-electron chi connectivity index (χ2n) is 5.89. The van der Waals surface area contributed by atoms with Gasteiger partial charge in [0.1, 0.15) is 0 Å². The number of benzene rings is 2. The molecule has 0 unspecified atom stereocenters. The number of hydrogen-bond donors (Lipinski definition) is 3. The molecule has 1 aliphatic heterocycles. The number of hydrazone groups is 1. The van der Waals surface area contributed by atoms with Gasteiger partial charge in [-0.05, 0) is 35.5 Å². The van der Waals surface area contributed by atoms with Crippen LogP contribution in [0.1, 0.15) is 5.56 Å². The minimum Gasteiger partial charge on any atom is -0.334 e. The fourth-order valence-electron chi connectivity index (χ4n) is 2.60. The van der Waals surface area contributed by atoms with Crippen molar-refractivity contribution >= 4 is 56.4 Å². The molecule has 0 aliphatic carbocycles. The van der Waals surface area contributed by atoms with E-state index in [4.69, 9.17) is 11.6 Å². The zero-order valence-electron chi connectivity index (χ0n) is 14.6. The van der Waals surface area contributed by atoms with Crippen LogP contribution < -0.4 is 16.1 Å². The summed E-state index contributed by atoms with van der Waals surface area (Å²) in [4.78, 5) is 17.5. The fourth-order valence-corrected chi connectivity index (χ4v) is 4.79. The van der Waals surface area contributed by atoms with Crippen LogP contribution >= 0.6 is 35.1 Å². The summed E-state index contributed by atoms with van der Waals surface area (Å²) in [6, 6.07) is 17.1. The number of fused-ring (bicyclic) bond motifs is 1. The van der Waals surface area contributed by atoms with E-state index in [0.717, 1.165) is 25.7 Å². The lowest BCUT2D eigenvalue weighted by atomic mass is 10.2. The van der Waals surface area contributed by atoms with Gasteiger partial charge in [0.25, 0.3) is 0 Å². The SMILES string of the molecule is O=C(NCc1ccccc1)N[C@@H]1NN=C(Sc2ccnc3cc(Cl)ccc23)S1. The summed E-state index contributed by atoms with van der Waals surface area (Å²) in [5, 5.41) is 11.7. The number of urea groups is 1. The summed E-state index contributed by atoms with van der Waals surface area (Å²) in [6.07, 6.45) is 1.75. The molecule has 0 saturated heterocycles. The number of pyridine rings is 1. The normalized spacial score (nSPS) is 15.8. The summed E-state index contributed by atoms with van der Waals surface area (Å²) in [5.74, 6) is 0. The van der Waals surface area contributed by atoms with Crippen molar-refractivity contribution in [2.75, 3.05) is 0 Å². The van der Waals surface area contributed by atoms with E-state index >= 15 is 0 Å². The molecular formula is C19H16ClN5OS2. The maximum Gasteiger partial charge on any atom is 0.317 e. The van der Waals surface area contributed by atoms with Crippen LogP contribution in [0.25, 0.3) is 10.9 Å². The van der Waals surface area contributed by atoms with Crippen molar-refractivity contribution in [2.24, 2.45) is 5.10 Å². The van der Waals surface area contributed by atoms with Crippen molar-refractivity contribution in [2.45, 2.75) is 16.9 Å². The van der Waals surface area contributed by atoms with Crippen molar-refractivity contribution in [1.29, 1.82) is 0 Å². The zero-order chi connectivity index (χ0) is 19.3. The first-order chi connectivity index (χ1) is 13.7. The maximum atomic E-state index is 12.1. The van der Waals surface area contributed by atoms with E-state index in [1.807, 2.05) is 54.6 Å². The van der Waals surface area contributed by atoms with E-state index in [-0.39, 0.29) is 11.5 Å². The third kappa shape index (κ3) is 4.70. The van der Waals surface area contributed by atoms with Crippen LogP contribution in [0.15, 0.2) is 70.8 Å². The van der Waals surface area contributed by atoms with Crippen LogP contribution in [0, 0.1) is 0 Å². The maximum absolute atomic E-state index is 12.1. The van der Waals surface area contributed by atoms with Gasteiger partial charge in [-0.1, -0.05) is 59.8 Å². The van der Waals surface area contributed by atoms with E-state index < -0.39 is 0 Å². The van der Waals surface area contributed by atoms with Gasteiger partial charge in [0.2, 0.25) is 0 Å². The molecule has 1 atom stereocenters. The van der Waals surface area contributed by atoms with Gasteiger partial charge in [0.05, 0.1) is 5.52 Å². The van der Waals surface area contributed by atoms with E-state index in [2.05, 4.69) is 26.1 Å². The number of carbonyl (C=O) groups excluding carboxylic acids is 1. The molecule has 2 amide bonds. The van der Waals surface area contributed by atoms with E-state index in [1.165, 1.54) is 23.5 Å². The number of thioether (sulfide) groups is 2. The Balaban J connectivity index is 1.31. The van der Waals surface area contributed by atoms with Crippen LogP contribution in [-0.2, 0) is 6.54 Å². The van der Waals surface area contributed by atoms with Gasteiger partial charge in [-0.15, -0.1) is 0 Å². The van der Waals surface area contributed by atoms with Gasteiger partial charge in [0, 0.05) is 28.0 Å². The van der Waals surface area contributed by atoms with Gasteiger partial charge in [-0.25, -0.2) is 4.79 Å². The third-order valence-corrected chi connectivity index (χ3v) is 6.28. The average molecular weight is 430 g/mol. The van der Waals surface area contributed by atoms with Crippen molar-refractivity contribution in [1.82, 2.24) is 21.0 Å². The number of aromatic nitrogens is 1. The van der Waals surface area contributed by atoms with Crippen molar-refractivity contribution in [3.8, 4) is 0 Å². The molecule has 0 saturated carbocycles. The number of hydrogen-bond acceptors (Lipinski definition) is 6. The van der Waals surface area contributed by atoms with Crippen LogP contribution in [-0.4, -0.2) is 20.9 Å². The summed E-state index contributed by atoms with van der Waals surface area (Å²) >= 11 is 9.02. The van der Waals surface area contributed by atoms with Gasteiger partial charge in [0.15, 0.2) is 9.87 Å². The second-order valence-corrected chi connectivity index (χ2v) is 8.71. The first-order valence-corrected chi connectivity index (χ1v) is 10.5. The summed E-state index contributed by atoms with van der Waals surface area (Å²) in [5.41, 5.74) is 4.50. The molecule has 0 radical (unpaired) electrons. The second kappa shape index (κ2) is 8.72. The third-order valence-electron chi connectivity index (χ3n) is 3.91. The van der Waals surface area contributed by atoms with Crippen LogP contribution in [0.5, 0.6) is 0 Å². The Morgan fingerprint density at radius 2 is 2.07 bits per heavy atom. The van der Waals surface area contributed by atoms with Crippen molar-refractivity contribution in [3.05, 3.63) is 71.4 Å². The summed E-state index contributed by atoms with van der Waals surface area (Å²) in [6.45, 7) is 0.470. The molecular weight excluding hydrogens is 414 g/mol. The largest absolute Gasteiger partial charge is 0.334 e. The standard InChI is InChI=1S/C19H16ClN5OS2/c20-13-6-7-14-15(10-13)21-9-8-16(14)27-19-25-24-18(28-19)23-17(26)22-11-12-4-2-1-3-5-12/h1-10,18,24H,11H2,(H2,22,23,26)/t18-/m1/s1. The smallest absolute Gasteiger partial charge is 0.317 e. The van der Waals surface area contributed by atoms with E-state index in [9.17, 15) is 4.79 Å². The van der Waals surface area contributed by atoms with Gasteiger partial charge < -0.3 is 10.6 Å². The topological polar surface area (TPSA) is 78.4 Å². The highest BCUT2D eigenvalue weighted by Gasteiger charge is 2.22. The molecule has 3 N–H and O–H groups in total. The minimum atomic E-state index is -0.319. The molecule has 9 heteroatoms. The lowest BCUT2D eigenvalue weighted by Crippen LogP contribution is -2.44. The Kier molecular flexibility index (Phi) is 5.90. The quantitative estimate of drug-likeness (QED) is 0.574. The monoisotopic (exact) mass is 429 g/mol. The fraction of sp³-hybridized carbons (Fsp3) is 0.105. The Hall–Kier alpha value is -2.42. The molecule has 6 nitrogen and oxygen atoms in total. The lowest BCUT2D eigenvalue weighted by Gasteiger charge is -2.12. The molecule has 3 aromatic rings. The van der Waals surface area contributed by atoms with Gasteiger partial charge in [-0.2, -0.15) is 5.10 Å². The van der Waals surface area contributed by atoms with Crippen LogP contribution in [0.2, 0.25) is 5.02 Å². The predicted octanol–water partition coefficient (Wildman–Crippen LogP) is 4.37. The number of carbonyl (C=O) groups is 1. The molecule has 4 rings (SSSR count). The molecule has 2 aromatic carbocycles. The lowest BCUT2D eigenvalue weighted by molar-refractivity contribution is 0.238. The highest BCUT2D eigenvalue weighted by molar-refractivity contribution is 8.39. The molecule has 0 bridgehead atoms. The van der Waals surface area contributed by atoms with Crippen molar-refractivity contribution < 1.29 is 4.79 Å². The molecule has 2 heterocycles. The van der Waals surface area contributed by atoms with Crippen molar-refractivity contribution in [3.63, 3.8) is 0 Å². The first kappa shape index (κ1) is 18.9. The number of nitrogens with one attached hydrogen (secondary N) is 3. The predicted molar refractivity (Wildman–Crippen MR) is 116 cm³/mol. The Bertz CT molecular complexity index is 1030. The highest BCUT2D eigenvalue weighted by Crippen LogP contribution is 2.34. The number of halogens is 1. The number of rotatable bonds is 4. The highest BCUT2D eigenvalue weighted by atomic mass is 35.5. The number of amides is 2. The summed E-state index contributed by atoms with van der Waals surface area (Å²) < 4.78 is 0.816. The molecule has 142 valence electrons. The van der Waals surface area contributed by atoms with Crippen LogP contribution in [0.3, 0.4) is 0 Å². The molecule has 1 aromatic heterocycles. The van der Waals surface area contributed by atoms with Gasteiger partial charge >= 0.3 is 6.03 Å². The van der Waals surface area contributed by atoms with Gasteiger partial charge in [-0.3, -0.25) is 10.4 Å². The van der Waals surface area contributed by atoms with E-state index in [0.29, 0.717) is 11.6 Å². The Morgan fingerprint density at radius 1 is 1.21 bits per heavy atom. The molecule has 0 fully saturated rings. The molecule has 0 spiro atoms. The average Bonchev–Trinajstić information content (AvgIpc) is 3.14. The zero-order valence-corrected chi connectivity index (χ0v) is 16.9. The summed E-state index contributed by atoms with van der Waals surface area (Å²) in [7, 11) is 0. The van der Waals surface area contributed by atoms with E-state index in [1.54, 1.807) is 6.20 Å². The molecule has 28 heavy (non-hydrogen) atoms.